The van der Waals surface area contributed by atoms with Crippen LogP contribution in [0, 0.1) is 0 Å². The summed E-state index contributed by atoms with van der Waals surface area (Å²) in [6, 6.07) is 0. The van der Waals surface area contributed by atoms with Crippen LogP contribution in [0.15, 0.2) is 0 Å². The lowest BCUT2D eigenvalue weighted by Gasteiger charge is -2.20. The molecule has 1 N–H and O–H groups in total. The molecule has 0 unspecified atom stereocenters. The van der Waals surface area contributed by atoms with Crippen molar-refractivity contribution in [3.05, 3.63) is 0 Å². The zero-order valence-corrected chi connectivity index (χ0v) is 12.9. The first-order valence-corrected chi connectivity index (χ1v) is 7.60. The summed E-state index contributed by atoms with van der Waals surface area (Å²) < 4.78 is 4.90. The van der Waals surface area contributed by atoms with Gasteiger partial charge in [-0.1, -0.05) is 45.4 Å². The molecule has 0 aromatic carbocycles. The summed E-state index contributed by atoms with van der Waals surface area (Å²) in [6.45, 7) is 2.67. The second kappa shape index (κ2) is 12.9. The fourth-order valence-corrected chi connectivity index (χ4v) is 2.05. The van der Waals surface area contributed by atoms with Crippen molar-refractivity contribution in [3.63, 3.8) is 0 Å². The molecule has 5 nitrogen and oxygen atoms in total. The van der Waals surface area contributed by atoms with Gasteiger partial charge in [0.05, 0.1) is 6.61 Å². The van der Waals surface area contributed by atoms with Crippen molar-refractivity contribution in [1.82, 2.24) is 4.90 Å². The zero-order chi connectivity index (χ0) is 15.2. The Balaban J connectivity index is 3.79. The quantitative estimate of drug-likeness (QED) is 0.529. The highest BCUT2D eigenvalue weighted by Crippen LogP contribution is 2.09. The van der Waals surface area contributed by atoms with E-state index in [1.807, 2.05) is 0 Å². The van der Waals surface area contributed by atoms with Crippen LogP contribution in [0.4, 0.5) is 0 Å². The van der Waals surface area contributed by atoms with Crippen LogP contribution in [0.2, 0.25) is 0 Å². The normalized spacial score (nSPS) is 10.5. The Morgan fingerprint density at radius 1 is 1.05 bits per heavy atom. The van der Waals surface area contributed by atoms with Gasteiger partial charge < -0.3 is 14.7 Å². The number of rotatable bonds is 13. The van der Waals surface area contributed by atoms with E-state index in [4.69, 9.17) is 9.84 Å². The number of carboxylic acid groups (broad SMARTS) is 1. The summed E-state index contributed by atoms with van der Waals surface area (Å²) in [5.41, 5.74) is 0. The van der Waals surface area contributed by atoms with Gasteiger partial charge in [0.25, 0.3) is 0 Å². The molecular weight excluding hydrogens is 258 g/mol. The molecule has 1 amide bonds. The lowest BCUT2D eigenvalue weighted by molar-refractivity contribution is -0.144. The monoisotopic (exact) mass is 287 g/mol. The number of nitrogens with zero attached hydrogens (tertiary/aromatic N) is 1. The van der Waals surface area contributed by atoms with E-state index in [2.05, 4.69) is 6.92 Å². The molecule has 0 aliphatic heterocycles. The Labute approximate surface area is 122 Å². The summed E-state index contributed by atoms with van der Waals surface area (Å²) in [5.74, 6) is -1.06. The van der Waals surface area contributed by atoms with Gasteiger partial charge >= 0.3 is 5.97 Å². The largest absolute Gasteiger partial charge is 0.480 e. The van der Waals surface area contributed by atoms with Crippen LogP contribution < -0.4 is 0 Å². The van der Waals surface area contributed by atoms with Gasteiger partial charge in [-0.25, -0.2) is 0 Å². The number of hydrogen-bond donors (Lipinski definition) is 1. The minimum atomic E-state index is -0.978. The van der Waals surface area contributed by atoms with E-state index in [0.29, 0.717) is 19.6 Å². The first-order chi connectivity index (χ1) is 9.61. The molecule has 0 rings (SSSR count). The molecule has 0 spiro atoms. The molecule has 0 heterocycles. The van der Waals surface area contributed by atoms with Gasteiger partial charge in [-0.3, -0.25) is 9.59 Å². The second-order valence-corrected chi connectivity index (χ2v) is 5.07. The third-order valence-corrected chi connectivity index (χ3v) is 3.24. The van der Waals surface area contributed by atoms with E-state index in [1.165, 1.54) is 30.6 Å². The fraction of sp³-hybridized carbons (Fsp3) is 0.867. The number of hydrogen-bond acceptors (Lipinski definition) is 3. The van der Waals surface area contributed by atoms with Gasteiger partial charge in [0, 0.05) is 20.1 Å². The third-order valence-electron chi connectivity index (χ3n) is 3.24. The number of carboxylic acids is 1. The molecule has 118 valence electrons. The standard InChI is InChI=1S/C15H29NO4/c1-3-4-5-6-7-8-9-10-14(17)16(11-12-20-2)13-15(18)19/h3-13H2,1-2H3,(H,18,19). The van der Waals surface area contributed by atoms with E-state index in [1.54, 1.807) is 7.11 Å². The van der Waals surface area contributed by atoms with E-state index in [9.17, 15) is 9.59 Å². The van der Waals surface area contributed by atoms with Crippen LogP contribution in [-0.4, -0.2) is 48.7 Å². The summed E-state index contributed by atoms with van der Waals surface area (Å²) in [7, 11) is 1.54. The summed E-state index contributed by atoms with van der Waals surface area (Å²) in [6.07, 6.45) is 8.49. The molecular formula is C15H29NO4. The van der Waals surface area contributed by atoms with Gasteiger partial charge in [0.2, 0.25) is 5.91 Å². The molecule has 0 fully saturated rings. The van der Waals surface area contributed by atoms with Crippen LogP contribution >= 0.6 is 0 Å². The van der Waals surface area contributed by atoms with E-state index in [-0.39, 0.29) is 12.5 Å². The summed E-state index contributed by atoms with van der Waals surface area (Å²) >= 11 is 0. The smallest absolute Gasteiger partial charge is 0.323 e. The van der Waals surface area contributed by atoms with Crippen LogP contribution in [0.3, 0.4) is 0 Å². The van der Waals surface area contributed by atoms with Gasteiger partial charge in [-0.05, 0) is 6.42 Å². The number of amides is 1. The SMILES string of the molecule is CCCCCCCCCC(=O)N(CCOC)CC(=O)O. The average molecular weight is 287 g/mol. The number of aliphatic carboxylic acids is 1. The van der Waals surface area contributed by atoms with Crippen LogP contribution in [0.5, 0.6) is 0 Å². The maximum Gasteiger partial charge on any atom is 0.323 e. The maximum atomic E-state index is 11.9. The minimum Gasteiger partial charge on any atom is -0.480 e. The Hall–Kier alpha value is -1.10. The van der Waals surface area contributed by atoms with Crippen molar-refractivity contribution in [2.75, 3.05) is 26.8 Å². The van der Waals surface area contributed by atoms with E-state index >= 15 is 0 Å². The Morgan fingerprint density at radius 3 is 2.20 bits per heavy atom. The Morgan fingerprint density at radius 2 is 1.65 bits per heavy atom. The highest BCUT2D eigenvalue weighted by atomic mass is 16.5. The van der Waals surface area contributed by atoms with Crippen molar-refractivity contribution in [2.24, 2.45) is 0 Å². The predicted octanol–water partition coefficient (Wildman–Crippen LogP) is 2.69. The molecule has 20 heavy (non-hydrogen) atoms. The lowest BCUT2D eigenvalue weighted by atomic mass is 10.1. The number of carbonyl (C=O) groups excluding carboxylic acids is 1. The Bertz CT molecular complexity index is 269. The number of carbonyl (C=O) groups is 2. The molecule has 0 bridgehead atoms. The zero-order valence-electron chi connectivity index (χ0n) is 12.9. The molecule has 0 aromatic heterocycles. The number of unbranched alkanes of at least 4 members (excludes halogenated alkanes) is 6. The third kappa shape index (κ3) is 10.8. The van der Waals surface area contributed by atoms with Crippen LogP contribution in [0.25, 0.3) is 0 Å². The Kier molecular flexibility index (Phi) is 12.2. The highest BCUT2D eigenvalue weighted by molar-refractivity contribution is 5.81. The topological polar surface area (TPSA) is 66.8 Å². The van der Waals surface area contributed by atoms with Crippen molar-refractivity contribution in [2.45, 2.75) is 58.3 Å². The van der Waals surface area contributed by atoms with Crippen molar-refractivity contribution >= 4 is 11.9 Å². The van der Waals surface area contributed by atoms with Gasteiger partial charge in [0.1, 0.15) is 6.54 Å². The molecule has 0 radical (unpaired) electrons. The fourth-order valence-electron chi connectivity index (χ4n) is 2.05. The average Bonchev–Trinajstić information content (AvgIpc) is 2.41. The molecule has 0 atom stereocenters. The lowest BCUT2D eigenvalue weighted by Crippen LogP contribution is -2.37. The van der Waals surface area contributed by atoms with Crippen LogP contribution in [0.1, 0.15) is 58.3 Å². The van der Waals surface area contributed by atoms with Gasteiger partial charge in [-0.2, -0.15) is 0 Å². The van der Waals surface area contributed by atoms with Crippen molar-refractivity contribution in [3.8, 4) is 0 Å². The predicted molar refractivity (Wildman–Crippen MR) is 78.7 cm³/mol. The van der Waals surface area contributed by atoms with Gasteiger partial charge in [-0.15, -0.1) is 0 Å². The van der Waals surface area contributed by atoms with E-state index in [0.717, 1.165) is 19.3 Å². The molecule has 0 saturated carbocycles. The molecule has 0 saturated heterocycles. The number of ether oxygens (including phenoxy) is 1. The second-order valence-electron chi connectivity index (χ2n) is 5.07. The first kappa shape index (κ1) is 18.9. The summed E-state index contributed by atoms with van der Waals surface area (Å²) in [5, 5.41) is 8.79. The van der Waals surface area contributed by atoms with Crippen molar-refractivity contribution in [1.29, 1.82) is 0 Å². The van der Waals surface area contributed by atoms with E-state index < -0.39 is 5.97 Å². The maximum absolute atomic E-state index is 11.9. The van der Waals surface area contributed by atoms with Crippen molar-refractivity contribution < 1.29 is 19.4 Å². The first-order valence-electron chi connectivity index (χ1n) is 7.60. The minimum absolute atomic E-state index is 0.0852. The molecule has 0 aromatic rings. The highest BCUT2D eigenvalue weighted by Gasteiger charge is 2.15. The van der Waals surface area contributed by atoms with Crippen LogP contribution in [-0.2, 0) is 14.3 Å². The van der Waals surface area contributed by atoms with Gasteiger partial charge in [0.15, 0.2) is 0 Å². The summed E-state index contributed by atoms with van der Waals surface area (Å²) in [4.78, 5) is 24.0. The molecule has 0 aliphatic carbocycles. The number of methoxy groups -OCH3 is 1. The molecule has 0 aliphatic rings. The molecule has 5 heteroatoms.